The predicted octanol–water partition coefficient (Wildman–Crippen LogP) is 5.03. The number of aromatic nitrogens is 2. The Morgan fingerprint density at radius 3 is 2.51 bits per heavy atom. The van der Waals surface area contributed by atoms with E-state index in [4.69, 9.17) is 9.26 Å². The number of carbonyl (C=O) groups excluding carboxylic acids is 1. The summed E-state index contributed by atoms with van der Waals surface area (Å²) in [5.41, 5.74) is 6.47. The zero-order valence-electron chi connectivity index (χ0n) is 21.6. The van der Waals surface area contributed by atoms with Gasteiger partial charge in [0, 0.05) is 36.8 Å². The third-order valence-corrected chi connectivity index (χ3v) is 6.46. The number of ether oxygens (including phenoxy) is 1. The fraction of sp³-hybridized carbons (Fsp3) is 0.276. The molecule has 0 atom stereocenters. The van der Waals surface area contributed by atoms with Crippen molar-refractivity contribution in [1.82, 2.24) is 15.0 Å². The van der Waals surface area contributed by atoms with Gasteiger partial charge in [0.25, 0.3) is 5.91 Å². The number of rotatable bonds is 7. The molecule has 3 aromatic carbocycles. The molecule has 37 heavy (non-hydrogen) atoms. The molecule has 1 aliphatic rings. The van der Waals surface area contributed by atoms with Crippen LogP contribution >= 0.6 is 0 Å². The number of nitrogens with one attached hydrogen (secondary N) is 1. The van der Waals surface area contributed by atoms with Crippen LogP contribution in [0.25, 0.3) is 22.5 Å². The van der Waals surface area contributed by atoms with Crippen molar-refractivity contribution >= 4 is 17.3 Å². The quantitative estimate of drug-likeness (QED) is 0.383. The molecule has 2 heterocycles. The third kappa shape index (κ3) is 5.49. The zero-order chi connectivity index (χ0) is 25.9. The number of aryl methyl sites for hydroxylation is 2. The maximum Gasteiger partial charge on any atom is 0.255 e. The molecule has 1 N–H and O–H groups in total. The topological polar surface area (TPSA) is 83.7 Å². The normalized spacial score (nSPS) is 12.8. The van der Waals surface area contributed by atoms with E-state index in [0.29, 0.717) is 23.9 Å². The lowest BCUT2D eigenvalue weighted by molar-refractivity contribution is 0.102. The van der Waals surface area contributed by atoms with Crippen LogP contribution in [0.4, 0.5) is 11.4 Å². The molecule has 8 heteroatoms. The smallest absolute Gasteiger partial charge is 0.255 e. The van der Waals surface area contributed by atoms with Gasteiger partial charge in [-0.2, -0.15) is 4.98 Å². The minimum atomic E-state index is -0.150. The molecule has 0 radical (unpaired) electrons. The number of likely N-dealkylation sites (N-methyl/N-ethyl adjacent to an activating group) is 1. The van der Waals surface area contributed by atoms with Gasteiger partial charge < -0.3 is 24.4 Å². The van der Waals surface area contributed by atoms with Gasteiger partial charge in [-0.1, -0.05) is 29.4 Å². The first-order valence-electron chi connectivity index (χ1n) is 12.4. The molecule has 0 saturated carbocycles. The molecule has 1 amide bonds. The Morgan fingerprint density at radius 2 is 1.81 bits per heavy atom. The molecule has 4 aromatic rings. The second-order valence-electron chi connectivity index (χ2n) is 9.52. The summed E-state index contributed by atoms with van der Waals surface area (Å²) in [6.45, 7) is 7.16. The van der Waals surface area contributed by atoms with E-state index in [1.165, 1.54) is 0 Å². The van der Waals surface area contributed by atoms with E-state index >= 15 is 0 Å². The van der Waals surface area contributed by atoms with Crippen LogP contribution in [0, 0.1) is 13.8 Å². The Hall–Kier alpha value is -4.17. The zero-order valence-corrected chi connectivity index (χ0v) is 21.6. The van der Waals surface area contributed by atoms with Crippen molar-refractivity contribution in [3.63, 3.8) is 0 Å². The highest BCUT2D eigenvalue weighted by Crippen LogP contribution is 2.34. The summed E-state index contributed by atoms with van der Waals surface area (Å²) < 4.78 is 10.9. The first-order chi connectivity index (χ1) is 17.9. The number of fused-ring (bicyclic) bond motifs is 1. The van der Waals surface area contributed by atoms with Gasteiger partial charge >= 0.3 is 0 Å². The summed E-state index contributed by atoms with van der Waals surface area (Å²) in [7, 11) is 4.13. The van der Waals surface area contributed by atoms with Gasteiger partial charge in [-0.15, -0.1) is 0 Å². The van der Waals surface area contributed by atoms with Crippen LogP contribution in [-0.4, -0.2) is 61.3 Å². The molecule has 5 rings (SSSR count). The lowest BCUT2D eigenvalue weighted by Gasteiger charge is -2.32. The molecule has 1 aromatic heterocycles. The van der Waals surface area contributed by atoms with Crippen molar-refractivity contribution in [2.45, 2.75) is 13.8 Å². The van der Waals surface area contributed by atoms with Gasteiger partial charge in [0.15, 0.2) is 0 Å². The molecular weight excluding hydrogens is 466 g/mol. The highest BCUT2D eigenvalue weighted by Gasteiger charge is 2.19. The summed E-state index contributed by atoms with van der Waals surface area (Å²) in [6, 6.07) is 19.5. The predicted molar refractivity (Wildman–Crippen MR) is 145 cm³/mol. The number of hydrogen-bond donors (Lipinski definition) is 1. The Balaban J connectivity index is 1.29. The molecule has 0 unspecified atom stereocenters. The van der Waals surface area contributed by atoms with Crippen molar-refractivity contribution in [2.24, 2.45) is 0 Å². The summed E-state index contributed by atoms with van der Waals surface area (Å²) in [4.78, 5) is 21.8. The number of anilines is 2. The van der Waals surface area contributed by atoms with E-state index in [1.54, 1.807) is 6.92 Å². The van der Waals surface area contributed by atoms with Gasteiger partial charge in [-0.3, -0.25) is 4.79 Å². The Morgan fingerprint density at radius 1 is 1.03 bits per heavy atom. The van der Waals surface area contributed by atoms with Crippen molar-refractivity contribution in [1.29, 1.82) is 0 Å². The molecule has 0 saturated heterocycles. The third-order valence-electron chi connectivity index (χ3n) is 6.46. The average Bonchev–Trinajstić information content (AvgIpc) is 3.33. The minimum absolute atomic E-state index is 0.150. The van der Waals surface area contributed by atoms with Gasteiger partial charge in [-0.25, -0.2) is 0 Å². The van der Waals surface area contributed by atoms with E-state index in [-0.39, 0.29) is 5.91 Å². The van der Waals surface area contributed by atoms with E-state index in [1.807, 2.05) is 67.6 Å². The van der Waals surface area contributed by atoms with Crippen LogP contribution < -0.4 is 15.0 Å². The summed E-state index contributed by atoms with van der Waals surface area (Å²) in [5.74, 6) is 1.82. The first-order valence-corrected chi connectivity index (χ1v) is 12.4. The lowest BCUT2D eigenvalue weighted by atomic mass is 9.97. The fourth-order valence-electron chi connectivity index (χ4n) is 4.45. The highest BCUT2D eigenvalue weighted by molar-refractivity contribution is 6.04. The van der Waals surface area contributed by atoms with Crippen LogP contribution in [0.3, 0.4) is 0 Å². The summed E-state index contributed by atoms with van der Waals surface area (Å²) >= 11 is 0. The largest absolute Gasteiger partial charge is 0.490 e. The summed E-state index contributed by atoms with van der Waals surface area (Å²) in [6.07, 6.45) is 0. The molecule has 190 valence electrons. The standard InChI is InChI=1S/C29H31N5O3/c1-19-17-23(28-30-20(2)37-32-28)9-11-25(19)21-5-7-22(8-6-21)29(35)31-24-10-12-27-26(18-24)34(15-16-36-27)14-13-33(3)4/h5-12,17-18H,13-16H2,1-4H3,(H,31,35). The van der Waals surface area contributed by atoms with Crippen LogP contribution in [0.2, 0.25) is 0 Å². The monoisotopic (exact) mass is 497 g/mol. The maximum atomic E-state index is 13.0. The maximum absolute atomic E-state index is 13.0. The molecule has 0 aliphatic carbocycles. The van der Waals surface area contributed by atoms with Crippen molar-refractivity contribution in [3.05, 3.63) is 77.7 Å². The Labute approximate surface area is 216 Å². The van der Waals surface area contributed by atoms with E-state index in [9.17, 15) is 4.79 Å². The van der Waals surface area contributed by atoms with E-state index in [0.717, 1.165) is 59.0 Å². The van der Waals surface area contributed by atoms with Crippen LogP contribution in [-0.2, 0) is 0 Å². The fourth-order valence-corrected chi connectivity index (χ4v) is 4.45. The highest BCUT2D eigenvalue weighted by atomic mass is 16.5. The van der Waals surface area contributed by atoms with Gasteiger partial charge in [0.2, 0.25) is 11.7 Å². The van der Waals surface area contributed by atoms with Crippen molar-refractivity contribution in [2.75, 3.05) is 50.6 Å². The Kier molecular flexibility index (Phi) is 6.92. The number of nitrogens with zero attached hydrogens (tertiary/aromatic N) is 4. The molecule has 0 bridgehead atoms. The lowest BCUT2D eigenvalue weighted by Crippen LogP contribution is -2.37. The molecule has 1 aliphatic heterocycles. The number of carbonyl (C=O) groups is 1. The van der Waals surface area contributed by atoms with Crippen LogP contribution in [0.15, 0.2) is 65.2 Å². The Bertz CT molecular complexity index is 1410. The van der Waals surface area contributed by atoms with E-state index < -0.39 is 0 Å². The molecular formula is C29H31N5O3. The van der Waals surface area contributed by atoms with E-state index in [2.05, 4.69) is 39.4 Å². The number of hydrogen-bond acceptors (Lipinski definition) is 7. The average molecular weight is 498 g/mol. The second-order valence-corrected chi connectivity index (χ2v) is 9.52. The van der Waals surface area contributed by atoms with Crippen molar-refractivity contribution in [3.8, 4) is 28.3 Å². The SMILES string of the molecule is Cc1nc(-c2ccc(-c3ccc(C(=O)Nc4ccc5c(c4)N(CCN(C)C)CCO5)cc3)c(C)c2)no1. The number of benzene rings is 3. The molecule has 0 fully saturated rings. The van der Waals surface area contributed by atoms with Crippen LogP contribution in [0.5, 0.6) is 5.75 Å². The summed E-state index contributed by atoms with van der Waals surface area (Å²) in [5, 5.41) is 7.03. The first kappa shape index (κ1) is 24.5. The minimum Gasteiger partial charge on any atom is -0.490 e. The van der Waals surface area contributed by atoms with Gasteiger partial charge in [0.1, 0.15) is 12.4 Å². The second kappa shape index (κ2) is 10.4. The van der Waals surface area contributed by atoms with Gasteiger partial charge in [-0.05, 0) is 74.1 Å². The number of amides is 1. The molecule has 8 nitrogen and oxygen atoms in total. The van der Waals surface area contributed by atoms with Gasteiger partial charge in [0.05, 0.1) is 12.2 Å². The molecule has 0 spiro atoms. The van der Waals surface area contributed by atoms with Crippen LogP contribution in [0.1, 0.15) is 21.8 Å². The van der Waals surface area contributed by atoms with Crippen molar-refractivity contribution < 1.29 is 14.1 Å².